The minimum atomic E-state index is 0.942. The number of nitrogens with zero attached hydrogens (tertiary/aromatic N) is 2. The number of allylic oxidation sites excluding steroid dienone is 3. The number of hydrogen-bond acceptors (Lipinski definition) is 3. The highest BCUT2D eigenvalue weighted by Gasteiger charge is 1.99. The summed E-state index contributed by atoms with van der Waals surface area (Å²) in [6.45, 7) is 8.71. The third-order valence-electron chi connectivity index (χ3n) is 2.88. The topological polar surface area (TPSA) is 6.25 Å². The molecule has 21 heavy (non-hydrogen) atoms. The van der Waals surface area contributed by atoms with Gasteiger partial charge in [0.25, 0.3) is 0 Å². The summed E-state index contributed by atoms with van der Waals surface area (Å²) in [5, 5.41) is 0. The molecule has 1 aromatic rings. The predicted molar refractivity (Wildman–Crippen MR) is 102 cm³/mol. The van der Waals surface area contributed by atoms with Crippen molar-refractivity contribution in [3.63, 3.8) is 0 Å². The molecule has 0 atom stereocenters. The Morgan fingerprint density at radius 3 is 2.57 bits per heavy atom. The van der Waals surface area contributed by atoms with Gasteiger partial charge in [-0.3, -0.25) is 0 Å². The van der Waals surface area contributed by atoms with E-state index in [1.165, 1.54) is 5.69 Å². The van der Waals surface area contributed by atoms with Gasteiger partial charge in [-0.05, 0) is 23.3 Å². The van der Waals surface area contributed by atoms with Gasteiger partial charge in [0.05, 0.1) is 0 Å². The number of anilines is 1. The lowest BCUT2D eigenvalue weighted by atomic mass is 10.1. The van der Waals surface area contributed by atoms with E-state index in [4.69, 9.17) is 0 Å². The van der Waals surface area contributed by atoms with Gasteiger partial charge >= 0.3 is 0 Å². The van der Waals surface area contributed by atoms with E-state index in [9.17, 15) is 0 Å². The molecule has 1 rings (SSSR count). The molecule has 0 radical (unpaired) electrons. The second kappa shape index (κ2) is 9.53. The normalized spacial score (nSPS) is 11.2. The molecule has 112 valence electrons. The van der Waals surface area contributed by atoms with Crippen LogP contribution in [-0.2, 0) is 0 Å². The lowest BCUT2D eigenvalue weighted by Crippen LogP contribution is -2.19. The molecule has 0 amide bonds. The minimum absolute atomic E-state index is 0.942. The van der Waals surface area contributed by atoms with Crippen LogP contribution in [-0.4, -0.2) is 37.7 Å². The van der Waals surface area contributed by atoms with Crippen LogP contribution in [0, 0.1) is 0 Å². The van der Waals surface area contributed by atoms with Crippen molar-refractivity contribution in [2.45, 2.75) is 0 Å². The van der Waals surface area contributed by atoms with Gasteiger partial charge < -0.3 is 4.90 Å². The van der Waals surface area contributed by atoms with Crippen LogP contribution in [0.25, 0.3) is 6.08 Å². The molecule has 4 heteroatoms. The fraction of sp³-hybridized carbons (Fsp3) is 0.235. The fourth-order valence-electron chi connectivity index (χ4n) is 1.63. The molecule has 1 aromatic carbocycles. The average Bonchev–Trinajstić information content (AvgIpc) is 2.49. The Morgan fingerprint density at radius 1 is 1.33 bits per heavy atom. The summed E-state index contributed by atoms with van der Waals surface area (Å²) in [6, 6.07) is 8.48. The lowest BCUT2D eigenvalue weighted by Gasteiger charge is -2.18. The summed E-state index contributed by atoms with van der Waals surface area (Å²) in [4.78, 5) is 2.22. The minimum Gasteiger partial charge on any atom is -0.374 e. The average molecular weight is 320 g/mol. The van der Waals surface area contributed by atoms with Gasteiger partial charge in [-0.1, -0.05) is 41.7 Å². The predicted octanol–water partition coefficient (Wildman–Crippen LogP) is 4.13. The zero-order valence-corrected chi connectivity index (χ0v) is 14.4. The van der Waals surface area contributed by atoms with Crippen LogP contribution in [0.2, 0.25) is 0 Å². The molecular weight excluding hydrogens is 296 g/mol. The van der Waals surface area contributed by atoms with Crippen LogP contribution < -0.4 is 4.90 Å². The fourth-order valence-corrected chi connectivity index (χ4v) is 2.23. The van der Waals surface area contributed by atoms with Gasteiger partial charge in [0.15, 0.2) is 6.20 Å². The first-order chi connectivity index (χ1) is 10.0. The molecule has 0 aliphatic rings. The zero-order chi connectivity index (χ0) is 15.7. The summed E-state index contributed by atoms with van der Waals surface area (Å²) >= 11 is 4.16. The molecule has 0 spiro atoms. The van der Waals surface area contributed by atoms with E-state index in [0.717, 1.165) is 23.4 Å². The van der Waals surface area contributed by atoms with Gasteiger partial charge in [-0.15, -0.1) is 11.7 Å². The molecule has 0 aromatic heterocycles. The van der Waals surface area contributed by atoms with Gasteiger partial charge in [0.2, 0.25) is 0 Å². The summed E-state index contributed by atoms with van der Waals surface area (Å²) < 4.78 is 1.74. The monoisotopic (exact) mass is 319 g/mol. The van der Waals surface area contributed by atoms with E-state index >= 15 is 0 Å². The van der Waals surface area contributed by atoms with Crippen molar-refractivity contribution < 1.29 is 4.58 Å². The quantitative estimate of drug-likeness (QED) is 0.253. The largest absolute Gasteiger partial charge is 0.374 e. The number of rotatable bonds is 8. The highest BCUT2D eigenvalue weighted by Crippen LogP contribution is 2.16. The molecule has 0 heterocycles. The van der Waals surface area contributed by atoms with Gasteiger partial charge in [-0.2, -0.15) is 0 Å². The Hall–Kier alpha value is -1.39. The number of thiol groups is 1. The molecule has 0 saturated heterocycles. The van der Waals surface area contributed by atoms with Gasteiger partial charge in [-0.25, -0.2) is 4.58 Å². The number of benzene rings is 1. The molecule has 2 nitrogen and oxygen atoms in total. The summed E-state index contributed by atoms with van der Waals surface area (Å²) in [6.07, 6.45) is 7.87. The molecule has 0 saturated carbocycles. The molecule has 0 fully saturated rings. The van der Waals surface area contributed by atoms with E-state index in [-0.39, 0.29) is 0 Å². The first-order valence-electron chi connectivity index (χ1n) is 6.69. The Labute approximate surface area is 137 Å². The van der Waals surface area contributed by atoms with Crippen LogP contribution in [0.15, 0.2) is 54.8 Å². The number of hydrogen-bond donors (Lipinski definition) is 1. The Morgan fingerprint density at radius 2 is 2.00 bits per heavy atom. The first-order valence-corrected chi connectivity index (χ1v) is 8.73. The summed E-state index contributed by atoms with van der Waals surface area (Å²) in [5.41, 5.74) is 3.32. The van der Waals surface area contributed by atoms with Gasteiger partial charge in [0, 0.05) is 31.1 Å². The Bertz CT molecular complexity index is 530. The van der Waals surface area contributed by atoms with Crippen LogP contribution in [0.5, 0.6) is 0 Å². The smallest absolute Gasteiger partial charge is 0.168 e. The van der Waals surface area contributed by atoms with Gasteiger partial charge in [0.1, 0.15) is 13.8 Å². The van der Waals surface area contributed by atoms with Crippen molar-refractivity contribution in [2.24, 2.45) is 0 Å². The summed E-state index contributed by atoms with van der Waals surface area (Å²) in [7, 11) is 5.54. The second-order valence-electron chi connectivity index (χ2n) is 4.83. The van der Waals surface area contributed by atoms with E-state index in [0.29, 0.717) is 0 Å². The van der Waals surface area contributed by atoms with Crippen molar-refractivity contribution in [2.75, 3.05) is 31.3 Å². The van der Waals surface area contributed by atoms with Crippen molar-refractivity contribution in [3.8, 4) is 0 Å². The van der Waals surface area contributed by atoms with Crippen molar-refractivity contribution in [3.05, 3.63) is 60.3 Å². The maximum atomic E-state index is 4.16. The van der Waals surface area contributed by atoms with E-state index in [1.54, 1.807) is 15.4 Å². The molecule has 0 aliphatic carbocycles. The Kier molecular flexibility index (Phi) is 8.01. The van der Waals surface area contributed by atoms with E-state index in [2.05, 4.69) is 67.2 Å². The molecular formula is C17H23N2S2+. The highest BCUT2D eigenvalue weighted by atomic mass is 33.1. The Balaban J connectivity index is 2.62. The maximum Gasteiger partial charge on any atom is 0.168 e. The molecule has 0 N–H and O–H groups in total. The SMILES string of the molecule is C=C(/C=C\[N+](=C)C)/C=C/c1ccc(N(C)CCSS)cc1. The van der Waals surface area contributed by atoms with Crippen molar-refractivity contribution >= 4 is 40.9 Å². The van der Waals surface area contributed by atoms with Crippen LogP contribution >= 0.6 is 22.5 Å². The van der Waals surface area contributed by atoms with Crippen LogP contribution in [0.3, 0.4) is 0 Å². The third kappa shape index (κ3) is 7.25. The first kappa shape index (κ1) is 17.7. The van der Waals surface area contributed by atoms with Crippen LogP contribution in [0.4, 0.5) is 5.69 Å². The molecule has 0 bridgehead atoms. The summed E-state index contributed by atoms with van der Waals surface area (Å²) in [5.74, 6) is 1.01. The van der Waals surface area contributed by atoms with Crippen molar-refractivity contribution in [1.82, 2.24) is 0 Å². The third-order valence-corrected chi connectivity index (χ3v) is 3.80. The maximum absolute atomic E-state index is 4.16. The van der Waals surface area contributed by atoms with Crippen LogP contribution in [0.1, 0.15) is 5.56 Å². The standard InChI is InChI=1S/C17H22N2S2/c1-15(11-12-18(2)3)5-6-16-7-9-17(10-8-16)19(4)13-14-21-20/h5-12H,1-2,13-14H2,3-4H3/p+1/b6-5+,12-11-. The van der Waals surface area contributed by atoms with E-state index in [1.807, 2.05) is 25.4 Å². The molecule has 0 aliphatic heterocycles. The zero-order valence-electron chi connectivity index (χ0n) is 12.7. The lowest BCUT2D eigenvalue weighted by molar-refractivity contribution is -0.412. The van der Waals surface area contributed by atoms with E-state index < -0.39 is 0 Å². The van der Waals surface area contributed by atoms with Crippen molar-refractivity contribution in [1.29, 1.82) is 0 Å². The highest BCUT2D eigenvalue weighted by molar-refractivity contribution is 8.68. The second-order valence-corrected chi connectivity index (χ2v) is 6.27. The molecule has 0 unspecified atom stereocenters.